The Morgan fingerprint density at radius 3 is 2.21 bits per heavy atom. The molecule has 0 aromatic rings. The van der Waals surface area contributed by atoms with Gasteiger partial charge < -0.3 is 38.8 Å². The van der Waals surface area contributed by atoms with Crippen LogP contribution in [0.15, 0.2) is 36.0 Å². The minimum absolute atomic E-state index is 0.0385. The smallest absolute Gasteiger partial charge is 0.309 e. The van der Waals surface area contributed by atoms with Crippen LogP contribution in [0.1, 0.15) is 114 Å². The second-order valence-electron chi connectivity index (χ2n) is 15.2. The minimum atomic E-state index is -1.40. The number of carbonyl (C=O) groups is 3. The first-order chi connectivity index (χ1) is 24.4. The van der Waals surface area contributed by atoms with E-state index < -0.39 is 35.9 Å². The molecular formula is C41H71NO10. The highest BCUT2D eigenvalue weighted by Gasteiger charge is 2.43. The van der Waals surface area contributed by atoms with Crippen LogP contribution < -0.4 is 0 Å². The van der Waals surface area contributed by atoms with E-state index >= 15 is 0 Å². The van der Waals surface area contributed by atoms with E-state index in [1.807, 2.05) is 43.9 Å². The number of esters is 2. The molecule has 0 aromatic heterocycles. The number of carbonyl (C=O) groups excluding carboxylic acids is 3. The number of likely N-dealkylation sites (tertiary alicyclic amines) is 1. The maximum atomic E-state index is 12.6. The van der Waals surface area contributed by atoms with E-state index in [0.717, 1.165) is 18.5 Å². The molecular weight excluding hydrogens is 666 g/mol. The number of hydrogen-bond acceptors (Lipinski definition) is 10. The van der Waals surface area contributed by atoms with Gasteiger partial charge in [0.1, 0.15) is 23.9 Å². The standard InChI is InChI=1S/C27H42O8.C8H18O.C6H11NO/c1-16(9-8-10-17(2)25(32-7)26-19(4)33-26)24-18(3)11-12-22(34-20(5)28)27(6,31)14-13-21(29)15-23(30)35-24;1-5-6-8(9-4)7(2)3;1-6-3-2-4-7(6)5-8/h8-12,17-19,21-22,24-26,29,31H,13-15H2,1-7H3;7-8H,5-6H2,1-4H3;5-6H,2-4H2,1H3/b10-8+,12-11+,16-9+;;. The maximum Gasteiger partial charge on any atom is 0.309 e. The van der Waals surface area contributed by atoms with Crippen LogP contribution in [0.5, 0.6) is 0 Å². The van der Waals surface area contributed by atoms with Crippen molar-refractivity contribution in [2.75, 3.05) is 20.8 Å². The van der Waals surface area contributed by atoms with Gasteiger partial charge in [0.25, 0.3) is 0 Å². The second kappa shape index (κ2) is 24.0. The highest BCUT2D eigenvalue weighted by atomic mass is 16.6. The molecule has 0 bridgehead atoms. The Bertz CT molecular complexity index is 1150. The number of aliphatic hydroxyl groups is 2. The zero-order chi connectivity index (χ0) is 39.6. The van der Waals surface area contributed by atoms with E-state index in [1.54, 1.807) is 33.3 Å². The lowest BCUT2D eigenvalue weighted by Gasteiger charge is -2.32. The second-order valence-corrected chi connectivity index (χ2v) is 15.2. The molecule has 3 heterocycles. The predicted molar refractivity (Wildman–Crippen MR) is 203 cm³/mol. The minimum Gasteiger partial charge on any atom is -0.457 e. The molecule has 11 heteroatoms. The van der Waals surface area contributed by atoms with Crippen LogP contribution in [0.3, 0.4) is 0 Å². The monoisotopic (exact) mass is 738 g/mol. The van der Waals surface area contributed by atoms with Gasteiger partial charge >= 0.3 is 11.9 Å². The molecule has 0 spiro atoms. The molecule has 11 nitrogen and oxygen atoms in total. The van der Waals surface area contributed by atoms with E-state index in [-0.39, 0.29) is 49.4 Å². The van der Waals surface area contributed by atoms with Crippen LogP contribution in [0.4, 0.5) is 0 Å². The molecule has 300 valence electrons. The van der Waals surface area contributed by atoms with E-state index in [4.69, 9.17) is 23.7 Å². The van der Waals surface area contributed by atoms with E-state index in [0.29, 0.717) is 18.1 Å². The molecule has 0 radical (unpaired) electrons. The number of amides is 1. The molecule has 3 aliphatic heterocycles. The summed E-state index contributed by atoms with van der Waals surface area (Å²) in [5.41, 5.74) is -0.586. The van der Waals surface area contributed by atoms with Crippen molar-refractivity contribution < 1.29 is 48.3 Å². The SMILES string of the molecule is CC1CCCN1C=O.CCCC(OC)C(C)C.COC(C(C)/C=C/C=C(\C)C1OC(=O)CC(O)CCC(C)(O)C(OC(C)=O)/C=C/C1C)C1OC1C. The molecule has 52 heavy (non-hydrogen) atoms. The van der Waals surface area contributed by atoms with Crippen LogP contribution in [0.2, 0.25) is 0 Å². The predicted octanol–water partition coefficient (Wildman–Crippen LogP) is 6.34. The third-order valence-corrected chi connectivity index (χ3v) is 10.1. The summed E-state index contributed by atoms with van der Waals surface area (Å²) in [6.07, 6.45) is 13.3. The van der Waals surface area contributed by atoms with Crippen LogP contribution in [0, 0.1) is 17.8 Å². The van der Waals surface area contributed by atoms with Gasteiger partial charge in [0.15, 0.2) is 0 Å². The van der Waals surface area contributed by atoms with Gasteiger partial charge in [-0.2, -0.15) is 0 Å². The van der Waals surface area contributed by atoms with Crippen molar-refractivity contribution in [1.29, 1.82) is 0 Å². The fourth-order valence-electron chi connectivity index (χ4n) is 6.53. The number of allylic oxidation sites excluding steroid dienone is 2. The number of ether oxygens (including phenoxy) is 5. The molecule has 2 fully saturated rings. The average molecular weight is 738 g/mol. The molecule has 0 aliphatic carbocycles. The summed E-state index contributed by atoms with van der Waals surface area (Å²) in [6, 6.07) is 0.493. The quantitative estimate of drug-likeness (QED) is 0.0765. The summed E-state index contributed by atoms with van der Waals surface area (Å²) in [5.74, 6) is -0.520. The van der Waals surface area contributed by atoms with Gasteiger partial charge in [-0.1, -0.05) is 65.3 Å². The van der Waals surface area contributed by atoms with Crippen LogP contribution in [0.25, 0.3) is 0 Å². The lowest BCUT2D eigenvalue weighted by atomic mass is 9.88. The molecule has 2 N–H and O–H groups in total. The van der Waals surface area contributed by atoms with Gasteiger partial charge in [0.2, 0.25) is 6.41 Å². The number of methoxy groups -OCH3 is 2. The van der Waals surface area contributed by atoms with Crippen LogP contribution in [-0.2, 0) is 38.1 Å². The molecule has 3 aliphatic rings. The molecule has 2 saturated heterocycles. The summed E-state index contributed by atoms with van der Waals surface area (Å²) in [7, 11) is 3.47. The number of nitrogens with zero attached hydrogens (tertiary/aromatic N) is 1. The topological polar surface area (TPSA) is 144 Å². The average Bonchev–Trinajstić information content (AvgIpc) is 3.64. The van der Waals surface area contributed by atoms with Crippen molar-refractivity contribution in [2.24, 2.45) is 17.8 Å². The third-order valence-electron chi connectivity index (χ3n) is 10.1. The number of hydrogen-bond donors (Lipinski definition) is 2. The van der Waals surface area contributed by atoms with Gasteiger partial charge in [-0.3, -0.25) is 14.4 Å². The Morgan fingerprint density at radius 1 is 1.12 bits per heavy atom. The Hall–Kier alpha value is -2.57. The number of cyclic esters (lactones) is 1. The first-order valence-corrected chi connectivity index (χ1v) is 19.1. The maximum absolute atomic E-state index is 12.6. The van der Waals surface area contributed by atoms with Crippen LogP contribution in [-0.4, -0.2) is 109 Å². The van der Waals surface area contributed by atoms with Crippen LogP contribution >= 0.6 is 0 Å². The van der Waals surface area contributed by atoms with E-state index in [2.05, 4.69) is 34.6 Å². The molecule has 1 amide bonds. The largest absolute Gasteiger partial charge is 0.457 e. The highest BCUT2D eigenvalue weighted by Crippen LogP contribution is 2.31. The number of aliphatic hydroxyl groups excluding tert-OH is 1. The summed E-state index contributed by atoms with van der Waals surface area (Å²) in [5, 5.41) is 21.2. The lowest BCUT2D eigenvalue weighted by Crippen LogP contribution is -2.42. The Kier molecular flexibility index (Phi) is 21.9. The molecule has 11 unspecified atom stereocenters. The van der Waals surface area contributed by atoms with Gasteiger partial charge in [-0.05, 0) is 77.4 Å². The van der Waals surface area contributed by atoms with Crippen molar-refractivity contribution in [1.82, 2.24) is 4.90 Å². The number of rotatable bonds is 12. The number of epoxide rings is 1. The van der Waals surface area contributed by atoms with Crippen molar-refractivity contribution >= 4 is 18.3 Å². The molecule has 0 aromatic carbocycles. The van der Waals surface area contributed by atoms with Gasteiger partial charge in [0.05, 0.1) is 30.8 Å². The highest BCUT2D eigenvalue weighted by molar-refractivity contribution is 5.70. The fraction of sp³-hybridized carbons (Fsp3) is 0.780. The summed E-state index contributed by atoms with van der Waals surface area (Å²) in [4.78, 5) is 36.2. The summed E-state index contributed by atoms with van der Waals surface area (Å²) < 4.78 is 27.5. The normalized spacial score (nSPS) is 32.1. The molecule has 0 saturated carbocycles. The summed E-state index contributed by atoms with van der Waals surface area (Å²) >= 11 is 0. The van der Waals surface area contributed by atoms with Gasteiger partial charge in [-0.15, -0.1) is 0 Å². The van der Waals surface area contributed by atoms with E-state index in [9.17, 15) is 24.6 Å². The fourth-order valence-corrected chi connectivity index (χ4v) is 6.53. The van der Waals surface area contributed by atoms with Crippen molar-refractivity contribution in [3.05, 3.63) is 36.0 Å². The van der Waals surface area contributed by atoms with Gasteiger partial charge in [0, 0.05) is 45.6 Å². The third kappa shape index (κ3) is 17.1. The van der Waals surface area contributed by atoms with Crippen molar-refractivity contribution in [3.8, 4) is 0 Å². The zero-order valence-corrected chi connectivity index (χ0v) is 34.1. The zero-order valence-electron chi connectivity index (χ0n) is 34.1. The van der Waals surface area contributed by atoms with Crippen molar-refractivity contribution in [2.45, 2.75) is 169 Å². The molecule has 11 atom stereocenters. The first kappa shape index (κ1) is 47.5. The van der Waals surface area contributed by atoms with Gasteiger partial charge in [-0.25, -0.2) is 0 Å². The van der Waals surface area contributed by atoms with Crippen molar-refractivity contribution in [3.63, 3.8) is 0 Å². The first-order valence-electron chi connectivity index (χ1n) is 19.1. The molecule has 3 rings (SSSR count). The van der Waals surface area contributed by atoms with E-state index in [1.165, 1.54) is 32.6 Å². The summed E-state index contributed by atoms with van der Waals surface area (Å²) in [6.45, 7) is 20.3. The Morgan fingerprint density at radius 2 is 1.77 bits per heavy atom. The Labute approximate surface area is 314 Å². The Balaban J connectivity index is 0.000000646. The lowest BCUT2D eigenvalue weighted by molar-refractivity contribution is -0.157.